The van der Waals surface area contributed by atoms with E-state index in [1.54, 1.807) is 31.5 Å². The molecular formula is C29H33FN4O3. The van der Waals surface area contributed by atoms with Crippen molar-refractivity contribution in [3.05, 3.63) is 71.7 Å². The van der Waals surface area contributed by atoms with E-state index in [0.29, 0.717) is 55.6 Å². The second kappa shape index (κ2) is 11.7. The minimum atomic E-state index is -0.414. The molecule has 1 saturated carbocycles. The van der Waals surface area contributed by atoms with Gasteiger partial charge < -0.3 is 19.3 Å². The zero-order chi connectivity index (χ0) is 25.6. The fraction of sp³-hybridized carbons (Fsp3) is 0.414. The van der Waals surface area contributed by atoms with Crippen LogP contribution >= 0.6 is 0 Å². The number of carbonyl (C=O) groups excluding carboxylic acids is 1. The summed E-state index contributed by atoms with van der Waals surface area (Å²) in [7, 11) is 1.64. The quantitative estimate of drug-likeness (QED) is 0.446. The maximum absolute atomic E-state index is 15.0. The van der Waals surface area contributed by atoms with Crippen LogP contribution < -0.4 is 9.64 Å². The second-order valence-electron chi connectivity index (χ2n) is 9.58. The van der Waals surface area contributed by atoms with E-state index in [1.807, 2.05) is 34.1 Å². The summed E-state index contributed by atoms with van der Waals surface area (Å²) in [5.41, 5.74) is 1.96. The molecule has 1 aliphatic carbocycles. The molecule has 0 bridgehead atoms. The third-order valence-electron chi connectivity index (χ3n) is 7.22. The SMILES string of the molecule is COc1ccc(CN(C(=O)c2cnc(N3CCOCC3)nc2-c2ccccc2F)C2CCCCC2)cc1. The molecule has 37 heavy (non-hydrogen) atoms. The lowest BCUT2D eigenvalue weighted by Crippen LogP contribution is -2.41. The van der Waals surface area contributed by atoms with Gasteiger partial charge in [-0.1, -0.05) is 43.5 Å². The molecule has 1 aromatic heterocycles. The van der Waals surface area contributed by atoms with Gasteiger partial charge in [0.2, 0.25) is 5.95 Å². The van der Waals surface area contributed by atoms with Crippen LogP contribution in [0.15, 0.2) is 54.7 Å². The molecule has 2 heterocycles. The van der Waals surface area contributed by atoms with Crippen molar-refractivity contribution in [1.82, 2.24) is 14.9 Å². The van der Waals surface area contributed by atoms with E-state index >= 15 is 4.39 Å². The Labute approximate surface area is 217 Å². The number of nitrogens with zero attached hydrogens (tertiary/aromatic N) is 4. The molecule has 3 aromatic rings. The number of anilines is 1. The van der Waals surface area contributed by atoms with Gasteiger partial charge in [0.05, 0.1) is 31.6 Å². The molecule has 0 unspecified atom stereocenters. The van der Waals surface area contributed by atoms with Crippen molar-refractivity contribution in [2.75, 3.05) is 38.3 Å². The number of hydrogen-bond acceptors (Lipinski definition) is 6. The van der Waals surface area contributed by atoms with Gasteiger partial charge in [-0.15, -0.1) is 0 Å². The number of carbonyl (C=O) groups is 1. The van der Waals surface area contributed by atoms with E-state index in [1.165, 1.54) is 12.5 Å². The monoisotopic (exact) mass is 504 g/mol. The third-order valence-corrected chi connectivity index (χ3v) is 7.22. The predicted octanol–water partition coefficient (Wildman–Crippen LogP) is 5.10. The molecule has 2 aliphatic rings. The van der Waals surface area contributed by atoms with Gasteiger partial charge in [-0.2, -0.15) is 0 Å². The Morgan fingerprint density at radius 1 is 1.08 bits per heavy atom. The lowest BCUT2D eigenvalue weighted by molar-refractivity contribution is 0.0614. The highest BCUT2D eigenvalue weighted by atomic mass is 19.1. The average molecular weight is 505 g/mol. The highest BCUT2D eigenvalue weighted by molar-refractivity contribution is 6.00. The van der Waals surface area contributed by atoms with Gasteiger partial charge in [-0.05, 0) is 42.7 Å². The van der Waals surface area contributed by atoms with Gasteiger partial charge in [-0.25, -0.2) is 14.4 Å². The molecule has 0 radical (unpaired) electrons. The minimum absolute atomic E-state index is 0.107. The van der Waals surface area contributed by atoms with Crippen LogP contribution in [0.5, 0.6) is 5.75 Å². The van der Waals surface area contributed by atoms with E-state index < -0.39 is 5.82 Å². The summed E-state index contributed by atoms with van der Waals surface area (Å²) < 4.78 is 25.8. The van der Waals surface area contributed by atoms with E-state index in [-0.39, 0.29) is 11.9 Å². The Morgan fingerprint density at radius 2 is 1.81 bits per heavy atom. The fourth-order valence-electron chi connectivity index (χ4n) is 5.15. The number of hydrogen-bond donors (Lipinski definition) is 0. The molecule has 0 atom stereocenters. The van der Waals surface area contributed by atoms with Gasteiger partial charge in [-0.3, -0.25) is 4.79 Å². The maximum Gasteiger partial charge on any atom is 0.258 e. The first-order chi connectivity index (χ1) is 18.1. The lowest BCUT2D eigenvalue weighted by atomic mass is 9.93. The molecule has 7 nitrogen and oxygen atoms in total. The Bertz CT molecular complexity index is 1210. The standard InChI is InChI=1S/C29H33FN4O3/c1-36-23-13-11-21(12-14-23)20-34(22-7-3-2-4-8-22)28(35)25-19-31-29(33-15-17-37-18-16-33)32-27(25)24-9-5-6-10-26(24)30/h5-6,9-14,19,22H,2-4,7-8,15-18,20H2,1H3. The Balaban J connectivity index is 1.54. The van der Waals surface area contributed by atoms with Gasteiger partial charge in [0, 0.05) is 37.4 Å². The molecule has 0 N–H and O–H groups in total. The number of halogens is 1. The molecule has 2 aromatic carbocycles. The van der Waals surface area contributed by atoms with Crippen molar-refractivity contribution in [1.29, 1.82) is 0 Å². The summed E-state index contributed by atoms with van der Waals surface area (Å²) in [4.78, 5) is 27.5. The van der Waals surface area contributed by atoms with Crippen molar-refractivity contribution >= 4 is 11.9 Å². The topological polar surface area (TPSA) is 67.8 Å². The number of amides is 1. The number of ether oxygens (including phenoxy) is 2. The molecule has 8 heteroatoms. The largest absolute Gasteiger partial charge is 0.497 e. The predicted molar refractivity (Wildman–Crippen MR) is 140 cm³/mol. The first kappa shape index (κ1) is 25.1. The number of morpholine rings is 1. The molecule has 1 amide bonds. The summed E-state index contributed by atoms with van der Waals surface area (Å²) in [6.45, 7) is 2.91. The van der Waals surface area contributed by atoms with Crippen molar-refractivity contribution in [3.63, 3.8) is 0 Å². The van der Waals surface area contributed by atoms with Crippen LogP contribution in [0.3, 0.4) is 0 Å². The highest BCUT2D eigenvalue weighted by Gasteiger charge is 2.30. The van der Waals surface area contributed by atoms with Gasteiger partial charge >= 0.3 is 0 Å². The summed E-state index contributed by atoms with van der Waals surface area (Å²) >= 11 is 0. The van der Waals surface area contributed by atoms with Crippen molar-refractivity contribution in [2.24, 2.45) is 0 Å². The molecular weight excluding hydrogens is 471 g/mol. The minimum Gasteiger partial charge on any atom is -0.497 e. The Morgan fingerprint density at radius 3 is 2.51 bits per heavy atom. The van der Waals surface area contributed by atoms with Crippen molar-refractivity contribution in [3.8, 4) is 17.0 Å². The molecule has 0 spiro atoms. The van der Waals surface area contributed by atoms with E-state index in [4.69, 9.17) is 14.5 Å². The first-order valence-electron chi connectivity index (χ1n) is 13.0. The number of aromatic nitrogens is 2. The summed E-state index contributed by atoms with van der Waals surface area (Å²) in [6.07, 6.45) is 6.82. The van der Waals surface area contributed by atoms with Crippen molar-refractivity contribution in [2.45, 2.75) is 44.7 Å². The lowest BCUT2D eigenvalue weighted by Gasteiger charge is -2.35. The molecule has 1 saturated heterocycles. The zero-order valence-electron chi connectivity index (χ0n) is 21.2. The van der Waals surface area contributed by atoms with Crippen molar-refractivity contribution < 1.29 is 18.7 Å². The second-order valence-corrected chi connectivity index (χ2v) is 9.58. The van der Waals surface area contributed by atoms with Crippen LogP contribution in [0.4, 0.5) is 10.3 Å². The van der Waals surface area contributed by atoms with E-state index in [9.17, 15) is 4.79 Å². The summed E-state index contributed by atoms with van der Waals surface area (Å²) in [5.74, 6) is 0.669. The van der Waals surface area contributed by atoms with Crippen LogP contribution in [0, 0.1) is 5.82 Å². The normalized spacial score (nSPS) is 16.4. The van der Waals surface area contributed by atoms with Crippen LogP contribution in [0.2, 0.25) is 0 Å². The van der Waals surface area contributed by atoms with E-state index in [2.05, 4.69) is 4.98 Å². The molecule has 1 aliphatic heterocycles. The summed E-state index contributed by atoms with van der Waals surface area (Å²) in [5, 5.41) is 0. The Kier molecular flexibility index (Phi) is 7.94. The Hall–Kier alpha value is -3.52. The molecule has 5 rings (SSSR count). The number of rotatable bonds is 7. The number of methoxy groups -OCH3 is 1. The first-order valence-corrected chi connectivity index (χ1v) is 13.0. The molecule has 2 fully saturated rings. The highest BCUT2D eigenvalue weighted by Crippen LogP contribution is 2.31. The van der Waals surface area contributed by atoms with Crippen LogP contribution in [-0.2, 0) is 11.3 Å². The maximum atomic E-state index is 15.0. The van der Waals surface area contributed by atoms with Crippen LogP contribution in [0.1, 0.15) is 48.0 Å². The fourth-order valence-corrected chi connectivity index (χ4v) is 5.15. The van der Waals surface area contributed by atoms with Gasteiger partial charge in [0.25, 0.3) is 5.91 Å². The average Bonchev–Trinajstić information content (AvgIpc) is 2.97. The van der Waals surface area contributed by atoms with E-state index in [0.717, 1.165) is 37.0 Å². The smallest absolute Gasteiger partial charge is 0.258 e. The van der Waals surface area contributed by atoms with Crippen LogP contribution in [0.25, 0.3) is 11.3 Å². The number of benzene rings is 2. The van der Waals surface area contributed by atoms with Gasteiger partial charge in [0.15, 0.2) is 0 Å². The zero-order valence-corrected chi connectivity index (χ0v) is 21.2. The van der Waals surface area contributed by atoms with Crippen LogP contribution in [-0.4, -0.2) is 60.2 Å². The third kappa shape index (κ3) is 5.74. The summed E-state index contributed by atoms with van der Waals surface area (Å²) in [6, 6.07) is 14.4. The molecule has 194 valence electrons. The van der Waals surface area contributed by atoms with Gasteiger partial charge in [0.1, 0.15) is 11.6 Å².